The molecule has 1 unspecified atom stereocenters. The molecule has 6 nitrogen and oxygen atoms in total. The topological polar surface area (TPSA) is 84.0 Å². The molecule has 1 heterocycles. The summed E-state index contributed by atoms with van der Waals surface area (Å²) in [7, 11) is -0.819. The van der Waals surface area contributed by atoms with E-state index in [1.807, 2.05) is 0 Å². The van der Waals surface area contributed by atoms with Gasteiger partial charge in [-0.3, -0.25) is 9.00 Å². The third-order valence-corrected chi connectivity index (χ3v) is 3.21. The molecule has 0 aromatic carbocycles. The van der Waals surface area contributed by atoms with Crippen LogP contribution in [0.25, 0.3) is 0 Å². The Morgan fingerprint density at radius 2 is 2.11 bits per heavy atom. The van der Waals surface area contributed by atoms with Crippen molar-refractivity contribution < 1.29 is 9.00 Å². The van der Waals surface area contributed by atoms with E-state index in [9.17, 15) is 9.00 Å². The molecule has 0 spiro atoms. The minimum atomic E-state index is -0.819. The molecule has 0 saturated heterocycles. The summed E-state index contributed by atoms with van der Waals surface area (Å²) in [6, 6.07) is 3.37. The highest BCUT2D eigenvalue weighted by molar-refractivity contribution is 7.84. The van der Waals surface area contributed by atoms with Gasteiger partial charge in [-0.2, -0.15) is 0 Å². The Morgan fingerprint density at radius 3 is 2.68 bits per heavy atom. The van der Waals surface area contributed by atoms with Gasteiger partial charge in [-0.25, -0.2) is 0 Å². The van der Waals surface area contributed by atoms with E-state index >= 15 is 0 Å². The van der Waals surface area contributed by atoms with Crippen molar-refractivity contribution in [1.82, 2.24) is 15.5 Å². The lowest BCUT2D eigenvalue weighted by molar-refractivity contribution is 0.0948. The van der Waals surface area contributed by atoms with Crippen LogP contribution in [-0.2, 0) is 10.8 Å². The summed E-state index contributed by atoms with van der Waals surface area (Å²) in [5.74, 6) is 1.00. The molecule has 0 bridgehead atoms. The fourth-order valence-electron chi connectivity index (χ4n) is 1.37. The van der Waals surface area contributed by atoms with Crippen LogP contribution in [0.5, 0.6) is 0 Å². The van der Waals surface area contributed by atoms with E-state index in [4.69, 9.17) is 0 Å². The molecule has 1 amide bonds. The molecule has 0 fully saturated rings. The molecule has 19 heavy (non-hydrogen) atoms. The minimum absolute atomic E-state index is 0.253. The van der Waals surface area contributed by atoms with Gasteiger partial charge in [-0.05, 0) is 25.0 Å². The molecule has 0 saturated carbocycles. The van der Waals surface area contributed by atoms with E-state index in [1.165, 1.54) is 0 Å². The standard InChI is InChI=1S/C12H20N4O2S/c1-3-7-13-11-6-5-10(15-16-11)12(17)14-8-4-9-19(2)18/h5-6H,3-4,7-9H2,1-2H3,(H,13,16)(H,14,17). The van der Waals surface area contributed by atoms with E-state index in [2.05, 4.69) is 27.8 Å². The molecule has 1 aromatic heterocycles. The van der Waals surface area contributed by atoms with Crippen LogP contribution in [0.4, 0.5) is 5.82 Å². The SMILES string of the molecule is CCCNc1ccc(C(=O)NCCCS(C)=O)nn1. The third kappa shape index (κ3) is 6.28. The largest absolute Gasteiger partial charge is 0.369 e. The predicted molar refractivity (Wildman–Crippen MR) is 76.7 cm³/mol. The average Bonchev–Trinajstić information content (AvgIpc) is 2.41. The first-order valence-corrected chi connectivity index (χ1v) is 8.02. The van der Waals surface area contributed by atoms with Crippen LogP contribution >= 0.6 is 0 Å². The van der Waals surface area contributed by atoms with Crippen LogP contribution in [0.15, 0.2) is 12.1 Å². The second kappa shape index (κ2) is 8.58. The molecular formula is C12H20N4O2S. The Morgan fingerprint density at radius 1 is 1.32 bits per heavy atom. The molecule has 1 rings (SSSR count). The van der Waals surface area contributed by atoms with Gasteiger partial charge >= 0.3 is 0 Å². The Hall–Kier alpha value is -1.50. The Kier molecular flexibility index (Phi) is 7.02. The van der Waals surface area contributed by atoms with E-state index in [-0.39, 0.29) is 5.91 Å². The van der Waals surface area contributed by atoms with Crippen molar-refractivity contribution in [2.75, 3.05) is 30.4 Å². The number of anilines is 1. The summed E-state index contributed by atoms with van der Waals surface area (Å²) >= 11 is 0. The number of rotatable bonds is 8. The first kappa shape index (κ1) is 15.6. The van der Waals surface area contributed by atoms with Crippen LogP contribution in [-0.4, -0.2) is 45.4 Å². The lowest BCUT2D eigenvalue weighted by Gasteiger charge is -2.05. The van der Waals surface area contributed by atoms with E-state index < -0.39 is 10.8 Å². The molecule has 1 aromatic rings. The highest BCUT2D eigenvalue weighted by Gasteiger charge is 2.07. The van der Waals surface area contributed by atoms with Crippen LogP contribution in [0.2, 0.25) is 0 Å². The number of amides is 1. The second-order valence-electron chi connectivity index (χ2n) is 4.12. The number of carbonyl (C=O) groups excluding carboxylic acids is 1. The normalized spacial score (nSPS) is 11.9. The summed E-state index contributed by atoms with van der Waals surface area (Å²) in [5, 5.41) is 13.6. The van der Waals surface area contributed by atoms with Crippen molar-refractivity contribution in [3.8, 4) is 0 Å². The molecular weight excluding hydrogens is 264 g/mol. The lowest BCUT2D eigenvalue weighted by Crippen LogP contribution is -2.26. The number of hydrogen-bond acceptors (Lipinski definition) is 5. The Bertz CT molecular complexity index is 422. The highest BCUT2D eigenvalue weighted by Crippen LogP contribution is 2.01. The fraction of sp³-hybridized carbons (Fsp3) is 0.583. The van der Waals surface area contributed by atoms with Gasteiger partial charge in [0.15, 0.2) is 5.69 Å². The zero-order valence-corrected chi connectivity index (χ0v) is 12.1. The van der Waals surface area contributed by atoms with E-state index in [1.54, 1.807) is 18.4 Å². The molecule has 7 heteroatoms. The van der Waals surface area contributed by atoms with Crippen molar-refractivity contribution in [2.24, 2.45) is 0 Å². The van der Waals surface area contributed by atoms with Crippen LogP contribution < -0.4 is 10.6 Å². The fourth-order valence-corrected chi connectivity index (χ4v) is 1.92. The highest BCUT2D eigenvalue weighted by atomic mass is 32.2. The monoisotopic (exact) mass is 284 g/mol. The maximum Gasteiger partial charge on any atom is 0.271 e. The maximum absolute atomic E-state index is 11.7. The van der Waals surface area contributed by atoms with E-state index in [0.717, 1.165) is 13.0 Å². The van der Waals surface area contributed by atoms with Crippen LogP contribution in [0.3, 0.4) is 0 Å². The average molecular weight is 284 g/mol. The number of nitrogens with zero attached hydrogens (tertiary/aromatic N) is 2. The van der Waals surface area contributed by atoms with Crippen LogP contribution in [0.1, 0.15) is 30.3 Å². The van der Waals surface area contributed by atoms with Crippen molar-refractivity contribution in [1.29, 1.82) is 0 Å². The van der Waals surface area contributed by atoms with Gasteiger partial charge in [0.1, 0.15) is 5.82 Å². The van der Waals surface area contributed by atoms with E-state index in [0.29, 0.717) is 30.2 Å². The zero-order chi connectivity index (χ0) is 14.1. The van der Waals surface area contributed by atoms with Gasteiger partial charge in [0.25, 0.3) is 5.91 Å². The van der Waals surface area contributed by atoms with Gasteiger partial charge < -0.3 is 10.6 Å². The second-order valence-corrected chi connectivity index (χ2v) is 5.67. The van der Waals surface area contributed by atoms with Gasteiger partial charge in [-0.1, -0.05) is 6.92 Å². The smallest absolute Gasteiger partial charge is 0.271 e. The number of hydrogen-bond donors (Lipinski definition) is 2. The first-order chi connectivity index (χ1) is 9.13. The number of aromatic nitrogens is 2. The molecule has 2 N–H and O–H groups in total. The van der Waals surface area contributed by atoms with Gasteiger partial charge in [0.2, 0.25) is 0 Å². The summed E-state index contributed by atoms with van der Waals surface area (Å²) in [5.41, 5.74) is 0.291. The minimum Gasteiger partial charge on any atom is -0.369 e. The van der Waals surface area contributed by atoms with Gasteiger partial charge in [0, 0.05) is 35.9 Å². The van der Waals surface area contributed by atoms with Gasteiger partial charge in [0.05, 0.1) is 0 Å². The molecule has 1 atom stereocenters. The molecule has 0 radical (unpaired) electrons. The summed E-state index contributed by atoms with van der Waals surface area (Å²) in [6.07, 6.45) is 3.34. The van der Waals surface area contributed by atoms with Crippen molar-refractivity contribution >= 4 is 22.5 Å². The number of nitrogens with one attached hydrogen (secondary N) is 2. The molecule has 106 valence electrons. The first-order valence-electron chi connectivity index (χ1n) is 6.29. The Balaban J connectivity index is 2.37. The number of carbonyl (C=O) groups is 1. The quantitative estimate of drug-likeness (QED) is 0.690. The lowest BCUT2D eigenvalue weighted by atomic mass is 10.3. The third-order valence-electron chi connectivity index (χ3n) is 2.35. The molecule has 0 aliphatic rings. The van der Waals surface area contributed by atoms with Crippen molar-refractivity contribution in [3.05, 3.63) is 17.8 Å². The van der Waals surface area contributed by atoms with Crippen molar-refractivity contribution in [3.63, 3.8) is 0 Å². The summed E-state index contributed by atoms with van der Waals surface area (Å²) in [4.78, 5) is 11.7. The summed E-state index contributed by atoms with van der Waals surface area (Å²) < 4.78 is 10.9. The predicted octanol–water partition coefficient (Wildman–Crippen LogP) is 0.797. The zero-order valence-electron chi connectivity index (χ0n) is 11.3. The van der Waals surface area contributed by atoms with Gasteiger partial charge in [-0.15, -0.1) is 10.2 Å². The van der Waals surface area contributed by atoms with Crippen LogP contribution in [0, 0.1) is 0 Å². The van der Waals surface area contributed by atoms with Crippen molar-refractivity contribution in [2.45, 2.75) is 19.8 Å². The Labute approximate surface area is 115 Å². The molecule has 0 aliphatic carbocycles. The molecule has 0 aliphatic heterocycles. The summed E-state index contributed by atoms with van der Waals surface area (Å²) in [6.45, 7) is 3.38. The maximum atomic E-state index is 11.7.